The van der Waals surface area contributed by atoms with Crippen molar-refractivity contribution in [2.45, 2.75) is 88.8 Å². The van der Waals surface area contributed by atoms with E-state index in [4.69, 9.17) is 0 Å². The monoisotopic (exact) mass is 498 g/mol. The van der Waals surface area contributed by atoms with E-state index in [1.54, 1.807) is 29.4 Å². The number of amides is 2. The molecule has 8 heteroatoms. The number of hydrogen-bond donors (Lipinski definition) is 2. The highest BCUT2D eigenvalue weighted by Crippen LogP contribution is 2.35. The number of anilines is 1. The van der Waals surface area contributed by atoms with E-state index in [1.807, 2.05) is 24.3 Å². The van der Waals surface area contributed by atoms with Crippen molar-refractivity contribution in [2.24, 2.45) is 0 Å². The zero-order valence-electron chi connectivity index (χ0n) is 21.3. The second kappa shape index (κ2) is 10.6. The Hall–Kier alpha value is -2.87. The quantitative estimate of drug-likeness (QED) is 0.594. The molecule has 1 aromatic heterocycles. The fourth-order valence-electron chi connectivity index (χ4n) is 5.01. The Morgan fingerprint density at radius 1 is 1.11 bits per heavy atom. The molecule has 0 bridgehead atoms. The third-order valence-corrected chi connectivity index (χ3v) is 7.18. The van der Waals surface area contributed by atoms with Crippen molar-refractivity contribution in [3.05, 3.63) is 59.9 Å². The highest BCUT2D eigenvalue weighted by atomic mass is 19.3. The maximum atomic E-state index is 13.9. The Kier molecular flexibility index (Phi) is 7.73. The molecule has 2 heterocycles. The van der Waals surface area contributed by atoms with Crippen LogP contribution in [0.25, 0.3) is 0 Å². The van der Waals surface area contributed by atoms with Crippen LogP contribution in [0, 0.1) is 0 Å². The lowest BCUT2D eigenvalue weighted by atomic mass is 9.87. The van der Waals surface area contributed by atoms with Crippen molar-refractivity contribution in [3.63, 3.8) is 0 Å². The minimum absolute atomic E-state index is 0.0659. The van der Waals surface area contributed by atoms with Crippen molar-refractivity contribution in [1.82, 2.24) is 15.6 Å². The molecule has 1 aromatic carbocycles. The average molecular weight is 499 g/mol. The van der Waals surface area contributed by atoms with Gasteiger partial charge in [-0.3, -0.25) is 19.5 Å². The van der Waals surface area contributed by atoms with E-state index in [0.717, 1.165) is 18.5 Å². The number of alkyl halides is 2. The minimum atomic E-state index is -2.69. The highest BCUT2D eigenvalue weighted by molar-refractivity contribution is 6.03. The SMILES string of the molecule is CC(C)(C)c1ccc(N(C(=O)C2CCCN2)C(C(=O)NC2CCC(F)(F)CC2)c2cccnc2)cc1. The average Bonchev–Trinajstić information content (AvgIpc) is 3.39. The number of nitrogens with one attached hydrogen (secondary N) is 2. The van der Waals surface area contributed by atoms with Crippen molar-refractivity contribution < 1.29 is 18.4 Å². The Morgan fingerprint density at radius 3 is 2.36 bits per heavy atom. The predicted molar refractivity (Wildman–Crippen MR) is 136 cm³/mol. The van der Waals surface area contributed by atoms with E-state index in [0.29, 0.717) is 17.7 Å². The number of aromatic nitrogens is 1. The molecule has 1 saturated heterocycles. The zero-order chi connectivity index (χ0) is 25.9. The van der Waals surface area contributed by atoms with Crippen LogP contribution in [0.15, 0.2) is 48.8 Å². The highest BCUT2D eigenvalue weighted by Gasteiger charge is 2.40. The van der Waals surface area contributed by atoms with Crippen LogP contribution in [0.2, 0.25) is 0 Å². The van der Waals surface area contributed by atoms with Gasteiger partial charge < -0.3 is 10.6 Å². The maximum Gasteiger partial charge on any atom is 0.248 e. The summed E-state index contributed by atoms with van der Waals surface area (Å²) in [5.74, 6) is -3.26. The number of nitrogens with zero attached hydrogens (tertiary/aromatic N) is 2. The van der Waals surface area contributed by atoms with Crippen LogP contribution >= 0.6 is 0 Å². The third-order valence-electron chi connectivity index (χ3n) is 7.18. The van der Waals surface area contributed by atoms with Gasteiger partial charge in [0.1, 0.15) is 6.04 Å². The summed E-state index contributed by atoms with van der Waals surface area (Å²) >= 11 is 0. The number of hydrogen-bond acceptors (Lipinski definition) is 4. The van der Waals surface area contributed by atoms with Crippen LogP contribution in [-0.2, 0) is 15.0 Å². The van der Waals surface area contributed by atoms with E-state index >= 15 is 0 Å². The predicted octanol–water partition coefficient (Wildman–Crippen LogP) is 4.90. The van der Waals surface area contributed by atoms with Crippen LogP contribution in [0.3, 0.4) is 0 Å². The fourth-order valence-corrected chi connectivity index (χ4v) is 5.01. The summed E-state index contributed by atoms with van der Waals surface area (Å²) in [6, 6.07) is 9.51. The Labute approximate surface area is 211 Å². The maximum absolute atomic E-state index is 13.9. The topological polar surface area (TPSA) is 74.3 Å². The molecule has 2 N–H and O–H groups in total. The summed E-state index contributed by atoms with van der Waals surface area (Å²) in [6.45, 7) is 7.10. The van der Waals surface area contributed by atoms with Crippen LogP contribution in [-0.4, -0.2) is 41.3 Å². The minimum Gasteiger partial charge on any atom is -0.351 e. The van der Waals surface area contributed by atoms with Gasteiger partial charge in [-0.15, -0.1) is 0 Å². The Balaban J connectivity index is 1.71. The molecular formula is C28H36F2N4O2. The smallest absolute Gasteiger partial charge is 0.248 e. The molecule has 2 aromatic rings. The second-order valence-electron chi connectivity index (χ2n) is 11.0. The molecule has 2 amide bonds. The second-order valence-corrected chi connectivity index (χ2v) is 11.0. The number of carbonyl (C=O) groups is 2. The summed E-state index contributed by atoms with van der Waals surface area (Å²) in [7, 11) is 0. The normalized spacial score (nSPS) is 21.1. The standard InChI is InChI=1S/C28H36F2N4O2/c1-27(2,3)20-8-10-22(11-9-20)34(26(36)23-7-5-17-32-23)24(19-6-4-16-31-18-19)25(35)33-21-12-14-28(29,30)15-13-21/h4,6,8-11,16,18,21,23-24,32H,5,7,12-15,17H2,1-3H3,(H,33,35). The van der Waals surface area contributed by atoms with E-state index in [1.165, 1.54) is 0 Å². The van der Waals surface area contributed by atoms with Crippen molar-refractivity contribution in [1.29, 1.82) is 0 Å². The molecular weight excluding hydrogens is 462 g/mol. The lowest BCUT2D eigenvalue weighted by Gasteiger charge is -2.35. The number of carbonyl (C=O) groups excluding carboxylic acids is 2. The van der Waals surface area contributed by atoms with Gasteiger partial charge in [0.15, 0.2) is 0 Å². The number of halogens is 2. The van der Waals surface area contributed by atoms with Gasteiger partial charge in [0.05, 0.1) is 6.04 Å². The largest absolute Gasteiger partial charge is 0.351 e. The van der Waals surface area contributed by atoms with Gasteiger partial charge in [-0.05, 0) is 61.4 Å². The molecule has 0 spiro atoms. The molecule has 6 nitrogen and oxygen atoms in total. The van der Waals surface area contributed by atoms with Crippen LogP contribution in [0.4, 0.5) is 14.5 Å². The van der Waals surface area contributed by atoms with Gasteiger partial charge in [-0.1, -0.05) is 39.0 Å². The molecule has 0 radical (unpaired) electrons. The van der Waals surface area contributed by atoms with Crippen molar-refractivity contribution in [2.75, 3.05) is 11.4 Å². The van der Waals surface area contributed by atoms with Crippen molar-refractivity contribution >= 4 is 17.5 Å². The molecule has 2 unspecified atom stereocenters. The van der Waals surface area contributed by atoms with Crippen LogP contribution in [0.5, 0.6) is 0 Å². The lowest BCUT2D eigenvalue weighted by Crippen LogP contribution is -2.52. The lowest BCUT2D eigenvalue weighted by molar-refractivity contribution is -0.128. The molecule has 36 heavy (non-hydrogen) atoms. The van der Waals surface area contributed by atoms with Gasteiger partial charge in [-0.2, -0.15) is 0 Å². The number of pyridine rings is 1. The van der Waals surface area contributed by atoms with Gasteiger partial charge in [0, 0.05) is 42.5 Å². The Morgan fingerprint density at radius 2 is 1.81 bits per heavy atom. The summed E-state index contributed by atoms with van der Waals surface area (Å²) in [6.07, 6.45) is 4.68. The summed E-state index contributed by atoms with van der Waals surface area (Å²) < 4.78 is 27.4. The zero-order valence-corrected chi connectivity index (χ0v) is 21.3. The van der Waals surface area contributed by atoms with E-state index in [2.05, 4.69) is 36.4 Å². The first-order valence-electron chi connectivity index (χ1n) is 12.8. The molecule has 1 aliphatic heterocycles. The molecule has 194 valence electrons. The van der Waals surface area contributed by atoms with E-state index in [9.17, 15) is 18.4 Å². The third kappa shape index (κ3) is 6.09. The summed E-state index contributed by atoms with van der Waals surface area (Å²) in [5.41, 5.74) is 2.23. The number of rotatable bonds is 6. The van der Waals surface area contributed by atoms with Gasteiger partial charge >= 0.3 is 0 Å². The van der Waals surface area contributed by atoms with Gasteiger partial charge in [0.25, 0.3) is 0 Å². The summed E-state index contributed by atoms with van der Waals surface area (Å²) in [4.78, 5) is 33.4. The van der Waals surface area contributed by atoms with E-state index in [-0.39, 0.29) is 49.0 Å². The van der Waals surface area contributed by atoms with Crippen LogP contribution < -0.4 is 15.5 Å². The Bertz CT molecular complexity index is 1040. The molecule has 1 saturated carbocycles. The number of benzene rings is 1. The van der Waals surface area contributed by atoms with Crippen LogP contribution in [0.1, 0.15) is 76.5 Å². The first kappa shape index (κ1) is 26.2. The first-order valence-corrected chi connectivity index (χ1v) is 12.8. The first-order chi connectivity index (χ1) is 17.0. The van der Waals surface area contributed by atoms with Gasteiger partial charge in [-0.25, -0.2) is 8.78 Å². The summed E-state index contributed by atoms with van der Waals surface area (Å²) in [5, 5.41) is 6.23. The van der Waals surface area contributed by atoms with Gasteiger partial charge in [0.2, 0.25) is 17.7 Å². The molecule has 2 fully saturated rings. The molecule has 2 atom stereocenters. The van der Waals surface area contributed by atoms with Crippen molar-refractivity contribution in [3.8, 4) is 0 Å². The molecule has 1 aliphatic carbocycles. The molecule has 4 rings (SSSR count). The fraction of sp³-hybridized carbons (Fsp3) is 0.536. The van der Waals surface area contributed by atoms with E-state index < -0.39 is 18.0 Å². The molecule has 2 aliphatic rings.